The van der Waals surface area contributed by atoms with Gasteiger partial charge < -0.3 is 9.80 Å². The number of fused-ring (bicyclic) bond motifs is 1. The largest absolute Gasteiger partial charge is 0.342 e. The standard InChI is InChI=1S/C12H20N2O/c1-13-5-10-7-14(8-11(10)6-13)12(15)9-3-2-4-9/h9-11H,2-8H2,1H3/t10-,11+. The molecule has 3 fully saturated rings. The number of nitrogens with zero attached hydrogens (tertiary/aromatic N) is 2. The molecule has 0 spiro atoms. The summed E-state index contributed by atoms with van der Waals surface area (Å²) in [5.41, 5.74) is 0. The van der Waals surface area contributed by atoms with E-state index < -0.39 is 0 Å². The predicted octanol–water partition coefficient (Wildman–Crippen LogP) is 0.806. The fourth-order valence-corrected chi connectivity index (χ4v) is 3.32. The number of rotatable bonds is 1. The van der Waals surface area contributed by atoms with Crippen LogP contribution in [0.15, 0.2) is 0 Å². The Bertz CT molecular complexity index is 261. The monoisotopic (exact) mass is 208 g/mol. The van der Waals surface area contributed by atoms with Gasteiger partial charge in [-0.1, -0.05) is 6.42 Å². The Morgan fingerprint density at radius 2 is 1.67 bits per heavy atom. The summed E-state index contributed by atoms with van der Waals surface area (Å²) in [6.45, 7) is 4.45. The van der Waals surface area contributed by atoms with Crippen molar-refractivity contribution in [3.63, 3.8) is 0 Å². The van der Waals surface area contributed by atoms with Gasteiger partial charge in [0.15, 0.2) is 0 Å². The number of hydrogen-bond acceptors (Lipinski definition) is 2. The van der Waals surface area contributed by atoms with Crippen molar-refractivity contribution in [2.75, 3.05) is 33.2 Å². The third kappa shape index (κ3) is 1.57. The Hall–Kier alpha value is -0.570. The van der Waals surface area contributed by atoms with Crippen molar-refractivity contribution in [1.82, 2.24) is 9.80 Å². The maximum absolute atomic E-state index is 12.1. The summed E-state index contributed by atoms with van der Waals surface area (Å²) in [4.78, 5) is 16.6. The average molecular weight is 208 g/mol. The second-order valence-electron chi connectivity index (χ2n) is 5.61. The summed E-state index contributed by atoms with van der Waals surface area (Å²) in [6, 6.07) is 0. The van der Waals surface area contributed by atoms with Crippen molar-refractivity contribution in [3.05, 3.63) is 0 Å². The Morgan fingerprint density at radius 1 is 1.07 bits per heavy atom. The lowest BCUT2D eigenvalue weighted by Crippen LogP contribution is -2.39. The van der Waals surface area contributed by atoms with Crippen molar-refractivity contribution < 1.29 is 4.79 Å². The first-order valence-corrected chi connectivity index (χ1v) is 6.21. The smallest absolute Gasteiger partial charge is 0.225 e. The van der Waals surface area contributed by atoms with Crippen molar-refractivity contribution >= 4 is 5.91 Å². The second-order valence-corrected chi connectivity index (χ2v) is 5.61. The highest BCUT2D eigenvalue weighted by atomic mass is 16.2. The first-order valence-electron chi connectivity index (χ1n) is 6.21. The van der Waals surface area contributed by atoms with E-state index in [4.69, 9.17) is 0 Å². The normalized spacial score (nSPS) is 36.7. The zero-order valence-electron chi connectivity index (χ0n) is 9.48. The van der Waals surface area contributed by atoms with Gasteiger partial charge in [-0.15, -0.1) is 0 Å². The van der Waals surface area contributed by atoms with Gasteiger partial charge in [0.1, 0.15) is 0 Å². The molecule has 0 radical (unpaired) electrons. The van der Waals surface area contributed by atoms with Gasteiger partial charge in [-0.05, 0) is 31.7 Å². The Labute approximate surface area is 91.4 Å². The average Bonchev–Trinajstić information content (AvgIpc) is 2.56. The van der Waals surface area contributed by atoms with E-state index >= 15 is 0 Å². The van der Waals surface area contributed by atoms with Crippen LogP contribution < -0.4 is 0 Å². The lowest BCUT2D eigenvalue weighted by atomic mass is 9.84. The van der Waals surface area contributed by atoms with Gasteiger partial charge in [-0.25, -0.2) is 0 Å². The first-order chi connectivity index (χ1) is 7.24. The number of carbonyl (C=O) groups excluding carboxylic acids is 1. The van der Waals surface area contributed by atoms with Crippen LogP contribution in [-0.4, -0.2) is 48.9 Å². The molecular formula is C12H20N2O. The van der Waals surface area contributed by atoms with Gasteiger partial charge >= 0.3 is 0 Å². The highest BCUT2D eigenvalue weighted by Gasteiger charge is 2.42. The van der Waals surface area contributed by atoms with E-state index in [9.17, 15) is 4.79 Å². The molecule has 2 saturated heterocycles. The molecule has 3 heteroatoms. The van der Waals surface area contributed by atoms with Crippen LogP contribution in [0.1, 0.15) is 19.3 Å². The van der Waals surface area contributed by atoms with Crippen LogP contribution in [0.2, 0.25) is 0 Å². The Kier molecular flexibility index (Phi) is 2.23. The fraction of sp³-hybridized carbons (Fsp3) is 0.917. The molecule has 0 unspecified atom stereocenters. The number of amides is 1. The summed E-state index contributed by atoms with van der Waals surface area (Å²) in [5.74, 6) is 2.37. The van der Waals surface area contributed by atoms with Gasteiger partial charge in [0.2, 0.25) is 5.91 Å². The third-order valence-electron chi connectivity index (χ3n) is 4.43. The van der Waals surface area contributed by atoms with E-state index in [2.05, 4.69) is 16.8 Å². The molecule has 0 N–H and O–H groups in total. The van der Waals surface area contributed by atoms with Crippen LogP contribution >= 0.6 is 0 Å². The highest BCUT2D eigenvalue weighted by Crippen LogP contribution is 2.34. The van der Waals surface area contributed by atoms with Crippen LogP contribution in [0, 0.1) is 17.8 Å². The Morgan fingerprint density at radius 3 is 2.13 bits per heavy atom. The summed E-state index contributed by atoms with van der Waals surface area (Å²) in [5, 5.41) is 0. The van der Waals surface area contributed by atoms with Crippen molar-refractivity contribution in [2.45, 2.75) is 19.3 Å². The van der Waals surface area contributed by atoms with Crippen LogP contribution in [-0.2, 0) is 4.79 Å². The molecule has 2 aliphatic heterocycles. The van der Waals surface area contributed by atoms with E-state index in [0.717, 1.165) is 37.8 Å². The molecule has 0 aromatic heterocycles. The summed E-state index contributed by atoms with van der Waals surface area (Å²) in [6.07, 6.45) is 3.55. The number of likely N-dealkylation sites (tertiary alicyclic amines) is 2. The molecule has 2 atom stereocenters. The molecule has 1 amide bonds. The van der Waals surface area contributed by atoms with E-state index in [1.54, 1.807) is 0 Å². The minimum atomic E-state index is 0.390. The van der Waals surface area contributed by atoms with Crippen molar-refractivity contribution in [3.8, 4) is 0 Å². The lowest BCUT2D eigenvalue weighted by Gasteiger charge is -2.29. The molecule has 2 heterocycles. The summed E-state index contributed by atoms with van der Waals surface area (Å²) >= 11 is 0. The molecule has 84 valence electrons. The summed E-state index contributed by atoms with van der Waals surface area (Å²) in [7, 11) is 2.19. The molecule has 15 heavy (non-hydrogen) atoms. The fourth-order valence-electron chi connectivity index (χ4n) is 3.32. The Balaban J connectivity index is 1.60. The lowest BCUT2D eigenvalue weighted by molar-refractivity contribution is -0.137. The second kappa shape index (κ2) is 3.48. The van der Waals surface area contributed by atoms with Crippen LogP contribution in [0.4, 0.5) is 0 Å². The van der Waals surface area contributed by atoms with Gasteiger partial charge in [-0.3, -0.25) is 4.79 Å². The first kappa shape index (κ1) is 9.64. The van der Waals surface area contributed by atoms with Crippen LogP contribution in [0.5, 0.6) is 0 Å². The van der Waals surface area contributed by atoms with E-state index in [1.165, 1.54) is 19.5 Å². The van der Waals surface area contributed by atoms with E-state index in [0.29, 0.717) is 11.8 Å². The minimum absolute atomic E-state index is 0.390. The quantitative estimate of drug-likeness (QED) is 0.636. The third-order valence-corrected chi connectivity index (χ3v) is 4.43. The molecule has 3 nitrogen and oxygen atoms in total. The van der Waals surface area contributed by atoms with Crippen molar-refractivity contribution in [2.24, 2.45) is 17.8 Å². The molecule has 0 bridgehead atoms. The zero-order valence-corrected chi connectivity index (χ0v) is 9.48. The molecule has 1 saturated carbocycles. The maximum atomic E-state index is 12.1. The van der Waals surface area contributed by atoms with Crippen LogP contribution in [0.25, 0.3) is 0 Å². The van der Waals surface area contributed by atoms with Gasteiger partial charge in [-0.2, -0.15) is 0 Å². The van der Waals surface area contributed by atoms with Crippen molar-refractivity contribution in [1.29, 1.82) is 0 Å². The molecule has 0 aromatic carbocycles. The van der Waals surface area contributed by atoms with Gasteiger partial charge in [0, 0.05) is 32.1 Å². The summed E-state index contributed by atoms with van der Waals surface area (Å²) < 4.78 is 0. The number of carbonyl (C=O) groups is 1. The topological polar surface area (TPSA) is 23.6 Å². The predicted molar refractivity (Wildman–Crippen MR) is 58.4 cm³/mol. The highest BCUT2D eigenvalue weighted by molar-refractivity contribution is 5.79. The molecular weight excluding hydrogens is 188 g/mol. The van der Waals surface area contributed by atoms with Gasteiger partial charge in [0.25, 0.3) is 0 Å². The van der Waals surface area contributed by atoms with Crippen LogP contribution in [0.3, 0.4) is 0 Å². The number of hydrogen-bond donors (Lipinski definition) is 0. The molecule has 3 aliphatic rings. The molecule has 3 rings (SSSR count). The molecule has 0 aromatic rings. The maximum Gasteiger partial charge on any atom is 0.225 e. The van der Waals surface area contributed by atoms with E-state index in [1.807, 2.05) is 0 Å². The SMILES string of the molecule is CN1C[C@@H]2CN(C(=O)C3CCC3)C[C@@H]2C1. The minimum Gasteiger partial charge on any atom is -0.342 e. The zero-order chi connectivity index (χ0) is 10.4. The van der Waals surface area contributed by atoms with Gasteiger partial charge in [0.05, 0.1) is 0 Å². The molecule has 1 aliphatic carbocycles. The van der Waals surface area contributed by atoms with E-state index in [-0.39, 0.29) is 0 Å².